The van der Waals surface area contributed by atoms with Gasteiger partial charge < -0.3 is 9.55 Å². The van der Waals surface area contributed by atoms with Crippen LogP contribution >= 0.6 is 0 Å². The minimum atomic E-state index is -0.570. The molecule has 0 atom stereocenters. The zero-order valence-corrected chi connectivity index (χ0v) is 18.2. The van der Waals surface area contributed by atoms with Crippen molar-refractivity contribution in [2.24, 2.45) is 5.10 Å². The van der Waals surface area contributed by atoms with Crippen LogP contribution in [-0.4, -0.2) is 20.4 Å². The first-order valence-corrected chi connectivity index (χ1v) is 11.0. The Morgan fingerprint density at radius 1 is 0.765 bits per heavy atom. The molecule has 6 rings (SSSR count). The molecule has 0 fully saturated rings. The zero-order chi connectivity index (χ0) is 23.1. The molecule has 0 amide bonds. The molecule has 34 heavy (non-hydrogen) atoms. The fourth-order valence-electron chi connectivity index (χ4n) is 4.50. The zero-order valence-electron chi connectivity index (χ0n) is 18.2. The molecular weight excluding hydrogens is 424 g/mol. The van der Waals surface area contributed by atoms with Crippen molar-refractivity contribution in [2.75, 3.05) is 0 Å². The van der Waals surface area contributed by atoms with E-state index < -0.39 is 11.2 Å². The molecule has 2 heterocycles. The molecule has 0 aliphatic carbocycles. The molecular formula is C28H20N4O2. The van der Waals surface area contributed by atoms with Crippen LogP contribution in [0.15, 0.2) is 112 Å². The SMILES string of the molecule is O=c1[nH]c2ccccc2c(=O)n1N=Cc1cn(Cc2cccc3ccccc23)c2ccccc12. The number of aromatic amines is 1. The second-order valence-corrected chi connectivity index (χ2v) is 8.21. The standard InChI is InChI=1S/C28H20N4O2/c33-27-24-13-3-5-14-25(24)30-28(34)32(27)29-16-21-18-31(26-15-6-4-12-23(21)26)17-20-10-7-9-19-8-1-2-11-22(19)20/h1-16,18H,17H2,(H,30,34). The van der Waals surface area contributed by atoms with Gasteiger partial charge in [-0.1, -0.05) is 72.8 Å². The van der Waals surface area contributed by atoms with Gasteiger partial charge >= 0.3 is 5.69 Å². The maximum atomic E-state index is 12.8. The monoisotopic (exact) mass is 444 g/mol. The summed E-state index contributed by atoms with van der Waals surface area (Å²) in [7, 11) is 0. The Balaban J connectivity index is 1.45. The molecule has 0 aliphatic rings. The van der Waals surface area contributed by atoms with Crippen LogP contribution < -0.4 is 11.2 Å². The van der Waals surface area contributed by atoms with Crippen molar-refractivity contribution < 1.29 is 0 Å². The van der Waals surface area contributed by atoms with Crippen molar-refractivity contribution in [1.29, 1.82) is 0 Å². The number of nitrogens with one attached hydrogen (secondary N) is 1. The lowest BCUT2D eigenvalue weighted by Crippen LogP contribution is -2.32. The minimum absolute atomic E-state index is 0.414. The third-order valence-electron chi connectivity index (χ3n) is 6.14. The summed E-state index contributed by atoms with van der Waals surface area (Å²) in [6, 6.07) is 29.6. The van der Waals surface area contributed by atoms with Gasteiger partial charge in [0.05, 0.1) is 17.1 Å². The van der Waals surface area contributed by atoms with Crippen molar-refractivity contribution in [3.8, 4) is 0 Å². The summed E-state index contributed by atoms with van der Waals surface area (Å²) in [5.74, 6) is 0. The molecule has 0 saturated heterocycles. The predicted molar refractivity (Wildman–Crippen MR) is 137 cm³/mol. The molecule has 164 valence electrons. The largest absolute Gasteiger partial charge is 0.349 e. The number of hydrogen-bond acceptors (Lipinski definition) is 3. The molecule has 6 heteroatoms. The highest BCUT2D eigenvalue weighted by Gasteiger charge is 2.10. The number of aromatic nitrogens is 3. The quantitative estimate of drug-likeness (QED) is 0.399. The van der Waals surface area contributed by atoms with Crippen molar-refractivity contribution >= 4 is 38.8 Å². The van der Waals surface area contributed by atoms with Gasteiger partial charge in [-0.25, -0.2) is 4.79 Å². The Morgan fingerprint density at radius 2 is 1.47 bits per heavy atom. The van der Waals surface area contributed by atoms with E-state index in [0.29, 0.717) is 17.4 Å². The minimum Gasteiger partial charge on any atom is -0.342 e. The van der Waals surface area contributed by atoms with E-state index in [1.807, 2.05) is 30.5 Å². The van der Waals surface area contributed by atoms with E-state index in [0.717, 1.165) is 21.1 Å². The first-order chi connectivity index (χ1) is 16.7. The summed E-state index contributed by atoms with van der Waals surface area (Å²) in [5.41, 5.74) is 2.57. The molecule has 0 aliphatic heterocycles. The van der Waals surface area contributed by atoms with Gasteiger partial charge in [-0.3, -0.25) is 4.79 Å². The maximum Gasteiger partial charge on any atom is 0.349 e. The van der Waals surface area contributed by atoms with Crippen molar-refractivity contribution in [1.82, 2.24) is 14.2 Å². The smallest absolute Gasteiger partial charge is 0.342 e. The van der Waals surface area contributed by atoms with Crippen LogP contribution in [0.4, 0.5) is 0 Å². The first-order valence-electron chi connectivity index (χ1n) is 11.0. The van der Waals surface area contributed by atoms with Gasteiger partial charge in [-0.05, 0) is 34.5 Å². The van der Waals surface area contributed by atoms with Gasteiger partial charge in [0.15, 0.2) is 0 Å². The van der Waals surface area contributed by atoms with E-state index in [-0.39, 0.29) is 0 Å². The molecule has 0 saturated carbocycles. The van der Waals surface area contributed by atoms with Crippen LogP contribution in [-0.2, 0) is 6.54 Å². The summed E-state index contributed by atoms with van der Waals surface area (Å²) in [4.78, 5) is 28.0. The average Bonchev–Trinajstić information content (AvgIpc) is 3.21. The van der Waals surface area contributed by atoms with Crippen LogP contribution in [0.2, 0.25) is 0 Å². The van der Waals surface area contributed by atoms with Crippen LogP contribution in [0.3, 0.4) is 0 Å². The van der Waals surface area contributed by atoms with Gasteiger partial charge in [0.25, 0.3) is 5.56 Å². The van der Waals surface area contributed by atoms with Gasteiger partial charge in [0, 0.05) is 29.2 Å². The molecule has 4 aromatic carbocycles. The highest BCUT2D eigenvalue weighted by molar-refractivity contribution is 5.99. The third-order valence-corrected chi connectivity index (χ3v) is 6.14. The second-order valence-electron chi connectivity index (χ2n) is 8.21. The number of rotatable bonds is 4. The maximum absolute atomic E-state index is 12.8. The number of nitrogens with zero attached hydrogens (tertiary/aromatic N) is 3. The van der Waals surface area contributed by atoms with Crippen molar-refractivity contribution in [2.45, 2.75) is 6.54 Å². The Morgan fingerprint density at radius 3 is 2.35 bits per heavy atom. The highest BCUT2D eigenvalue weighted by atomic mass is 16.2. The Hall–Kier alpha value is -4.71. The summed E-state index contributed by atoms with van der Waals surface area (Å²) < 4.78 is 3.05. The molecule has 6 nitrogen and oxygen atoms in total. The molecule has 0 unspecified atom stereocenters. The average molecular weight is 444 g/mol. The number of para-hydroxylation sites is 2. The summed E-state index contributed by atoms with van der Waals surface area (Å²) in [6.07, 6.45) is 3.59. The number of fused-ring (bicyclic) bond motifs is 3. The van der Waals surface area contributed by atoms with E-state index in [1.54, 1.807) is 30.5 Å². The fraction of sp³-hybridized carbons (Fsp3) is 0.0357. The van der Waals surface area contributed by atoms with Crippen molar-refractivity contribution in [3.05, 3.63) is 129 Å². The van der Waals surface area contributed by atoms with Gasteiger partial charge in [-0.2, -0.15) is 5.10 Å². The first kappa shape index (κ1) is 19.9. The predicted octanol–water partition coefficient (Wildman–Crippen LogP) is 4.73. The lowest BCUT2D eigenvalue weighted by molar-refractivity contribution is 0.771. The lowest BCUT2D eigenvalue weighted by Gasteiger charge is -2.09. The molecule has 2 aromatic heterocycles. The van der Waals surface area contributed by atoms with E-state index in [2.05, 4.69) is 57.1 Å². The third kappa shape index (κ3) is 3.33. The van der Waals surface area contributed by atoms with Crippen LogP contribution in [0.5, 0.6) is 0 Å². The molecule has 6 aromatic rings. The van der Waals surface area contributed by atoms with Crippen molar-refractivity contribution in [3.63, 3.8) is 0 Å². The normalized spacial score (nSPS) is 11.8. The van der Waals surface area contributed by atoms with Crippen LogP contribution in [0.1, 0.15) is 11.1 Å². The van der Waals surface area contributed by atoms with Crippen LogP contribution in [0.25, 0.3) is 32.6 Å². The molecule has 0 spiro atoms. The van der Waals surface area contributed by atoms with E-state index in [4.69, 9.17) is 0 Å². The Bertz CT molecular complexity index is 1830. The summed E-state index contributed by atoms with van der Waals surface area (Å²) in [6.45, 7) is 0.687. The summed E-state index contributed by atoms with van der Waals surface area (Å²) >= 11 is 0. The lowest BCUT2D eigenvalue weighted by atomic mass is 10.0. The van der Waals surface area contributed by atoms with E-state index in [1.165, 1.54) is 16.3 Å². The van der Waals surface area contributed by atoms with E-state index >= 15 is 0 Å². The molecule has 1 N–H and O–H groups in total. The fourth-order valence-corrected chi connectivity index (χ4v) is 4.50. The topological polar surface area (TPSA) is 72.2 Å². The number of benzene rings is 4. The highest BCUT2D eigenvalue weighted by Crippen LogP contribution is 2.24. The van der Waals surface area contributed by atoms with Gasteiger partial charge in [-0.15, -0.1) is 4.68 Å². The number of hydrogen-bond donors (Lipinski definition) is 1. The Kier molecular flexibility index (Phi) is 4.70. The second kappa shape index (κ2) is 8.01. The van der Waals surface area contributed by atoms with E-state index in [9.17, 15) is 9.59 Å². The molecule has 0 radical (unpaired) electrons. The van der Waals surface area contributed by atoms with Gasteiger partial charge in [0.2, 0.25) is 0 Å². The number of H-pyrrole nitrogens is 1. The Labute approximate surface area is 194 Å². The molecule has 0 bridgehead atoms. The summed E-state index contributed by atoms with van der Waals surface area (Å²) in [5, 5.41) is 8.10. The van der Waals surface area contributed by atoms with Crippen LogP contribution in [0, 0.1) is 0 Å². The van der Waals surface area contributed by atoms with Gasteiger partial charge in [0.1, 0.15) is 0 Å².